The molecule has 0 heterocycles. The van der Waals surface area contributed by atoms with Crippen molar-refractivity contribution < 1.29 is 5.11 Å². The SMILES string of the molecule is Cc1ccccc1-c1cccc(N[C@@H](C)C(C)O)c1C. The van der Waals surface area contributed by atoms with Gasteiger partial charge in [-0.1, -0.05) is 36.4 Å². The number of anilines is 1. The third-order valence-electron chi connectivity index (χ3n) is 3.88. The standard InChI is InChI=1S/C18H23NO/c1-12-8-5-6-9-16(12)17-10-7-11-18(13(17)2)19-14(3)15(4)20/h5-11,14-15,19-20H,1-4H3/t14-,15?/m0/s1. The second-order valence-corrected chi connectivity index (χ2v) is 5.47. The van der Waals surface area contributed by atoms with Crippen LogP contribution in [0.2, 0.25) is 0 Å². The molecule has 2 rings (SSSR count). The summed E-state index contributed by atoms with van der Waals surface area (Å²) in [5, 5.41) is 13.0. The molecule has 2 atom stereocenters. The van der Waals surface area contributed by atoms with Crippen LogP contribution in [0.1, 0.15) is 25.0 Å². The quantitative estimate of drug-likeness (QED) is 0.874. The minimum atomic E-state index is -0.378. The molecule has 0 saturated carbocycles. The zero-order valence-electron chi connectivity index (χ0n) is 12.6. The first-order valence-corrected chi connectivity index (χ1v) is 7.11. The van der Waals surface area contributed by atoms with Crippen molar-refractivity contribution in [3.05, 3.63) is 53.6 Å². The van der Waals surface area contributed by atoms with Crippen LogP contribution in [-0.4, -0.2) is 17.3 Å². The number of rotatable bonds is 4. The third-order valence-corrected chi connectivity index (χ3v) is 3.88. The van der Waals surface area contributed by atoms with E-state index in [1.165, 1.54) is 22.3 Å². The van der Waals surface area contributed by atoms with Crippen LogP contribution < -0.4 is 5.32 Å². The van der Waals surface area contributed by atoms with Gasteiger partial charge in [0.25, 0.3) is 0 Å². The first-order valence-electron chi connectivity index (χ1n) is 7.11. The number of aliphatic hydroxyl groups is 1. The number of benzene rings is 2. The molecule has 0 saturated heterocycles. The Morgan fingerprint density at radius 2 is 1.55 bits per heavy atom. The van der Waals surface area contributed by atoms with Gasteiger partial charge in [-0.3, -0.25) is 0 Å². The molecule has 2 heteroatoms. The lowest BCUT2D eigenvalue weighted by molar-refractivity contribution is 0.178. The fraction of sp³-hybridized carbons (Fsp3) is 0.333. The van der Waals surface area contributed by atoms with Crippen LogP contribution in [0.3, 0.4) is 0 Å². The maximum absolute atomic E-state index is 9.64. The Morgan fingerprint density at radius 1 is 0.900 bits per heavy atom. The maximum Gasteiger partial charge on any atom is 0.0710 e. The van der Waals surface area contributed by atoms with Gasteiger partial charge in [0.2, 0.25) is 0 Å². The first kappa shape index (κ1) is 14.6. The summed E-state index contributed by atoms with van der Waals surface area (Å²) in [6, 6.07) is 14.7. The van der Waals surface area contributed by atoms with E-state index >= 15 is 0 Å². The molecule has 0 amide bonds. The van der Waals surface area contributed by atoms with Crippen LogP contribution in [-0.2, 0) is 0 Å². The molecule has 2 aromatic carbocycles. The lowest BCUT2D eigenvalue weighted by atomic mass is 9.95. The average molecular weight is 269 g/mol. The van der Waals surface area contributed by atoms with Crippen molar-refractivity contribution in [3.8, 4) is 11.1 Å². The number of hydrogen-bond donors (Lipinski definition) is 2. The highest BCUT2D eigenvalue weighted by Crippen LogP contribution is 2.31. The Labute approximate surface area is 121 Å². The van der Waals surface area contributed by atoms with E-state index in [0.717, 1.165) is 5.69 Å². The molecule has 0 fully saturated rings. The highest BCUT2D eigenvalue weighted by Gasteiger charge is 2.12. The predicted octanol–water partition coefficient (Wildman–Crippen LogP) is 4.15. The predicted molar refractivity (Wildman–Crippen MR) is 86.1 cm³/mol. The van der Waals surface area contributed by atoms with Crippen molar-refractivity contribution in [2.75, 3.05) is 5.32 Å². The number of nitrogens with one attached hydrogen (secondary N) is 1. The Morgan fingerprint density at radius 3 is 2.20 bits per heavy atom. The fourth-order valence-corrected chi connectivity index (χ4v) is 2.32. The zero-order valence-corrected chi connectivity index (χ0v) is 12.6. The Kier molecular flexibility index (Phi) is 4.46. The Bertz CT molecular complexity index is 590. The topological polar surface area (TPSA) is 32.3 Å². The third kappa shape index (κ3) is 3.02. The summed E-state index contributed by atoms with van der Waals surface area (Å²) in [5.74, 6) is 0. The molecular formula is C18H23NO. The van der Waals surface area contributed by atoms with Gasteiger partial charge < -0.3 is 10.4 Å². The normalized spacial score (nSPS) is 13.8. The van der Waals surface area contributed by atoms with Gasteiger partial charge in [0.15, 0.2) is 0 Å². The Hall–Kier alpha value is -1.80. The Balaban J connectivity index is 2.40. The zero-order chi connectivity index (χ0) is 14.7. The van der Waals surface area contributed by atoms with Crippen molar-refractivity contribution >= 4 is 5.69 Å². The smallest absolute Gasteiger partial charge is 0.0710 e. The van der Waals surface area contributed by atoms with Crippen molar-refractivity contribution in [1.29, 1.82) is 0 Å². The lowest BCUT2D eigenvalue weighted by Gasteiger charge is -2.21. The van der Waals surface area contributed by atoms with Crippen LogP contribution in [0.25, 0.3) is 11.1 Å². The minimum absolute atomic E-state index is 0.0285. The molecule has 20 heavy (non-hydrogen) atoms. The lowest BCUT2D eigenvalue weighted by Crippen LogP contribution is -2.28. The van der Waals surface area contributed by atoms with Gasteiger partial charge in [0.1, 0.15) is 0 Å². The highest BCUT2D eigenvalue weighted by molar-refractivity contribution is 5.75. The van der Waals surface area contributed by atoms with E-state index in [1.807, 2.05) is 6.92 Å². The molecule has 106 valence electrons. The van der Waals surface area contributed by atoms with Crippen LogP contribution in [0, 0.1) is 13.8 Å². The van der Waals surface area contributed by atoms with E-state index in [2.05, 4.69) is 61.6 Å². The van der Waals surface area contributed by atoms with Crippen LogP contribution >= 0.6 is 0 Å². The van der Waals surface area contributed by atoms with Gasteiger partial charge >= 0.3 is 0 Å². The molecule has 1 unspecified atom stereocenters. The summed E-state index contributed by atoms with van der Waals surface area (Å²) in [6.45, 7) is 8.05. The summed E-state index contributed by atoms with van der Waals surface area (Å²) >= 11 is 0. The number of aryl methyl sites for hydroxylation is 1. The van der Waals surface area contributed by atoms with E-state index in [-0.39, 0.29) is 12.1 Å². The molecule has 2 nitrogen and oxygen atoms in total. The van der Waals surface area contributed by atoms with Gasteiger partial charge in [0.05, 0.1) is 6.10 Å². The number of aliphatic hydroxyl groups excluding tert-OH is 1. The molecule has 0 bridgehead atoms. The van der Waals surface area contributed by atoms with Crippen LogP contribution in [0.5, 0.6) is 0 Å². The second kappa shape index (κ2) is 6.10. The summed E-state index contributed by atoms with van der Waals surface area (Å²) in [5.41, 5.74) is 6.08. The molecule has 0 spiro atoms. The van der Waals surface area contributed by atoms with E-state index in [9.17, 15) is 5.11 Å². The van der Waals surface area contributed by atoms with E-state index in [4.69, 9.17) is 0 Å². The summed E-state index contributed by atoms with van der Waals surface area (Å²) in [6.07, 6.45) is -0.378. The minimum Gasteiger partial charge on any atom is -0.391 e. The fourth-order valence-electron chi connectivity index (χ4n) is 2.32. The summed E-state index contributed by atoms with van der Waals surface area (Å²) in [4.78, 5) is 0. The largest absolute Gasteiger partial charge is 0.391 e. The maximum atomic E-state index is 9.64. The van der Waals surface area contributed by atoms with Crippen molar-refractivity contribution in [2.24, 2.45) is 0 Å². The molecule has 0 aromatic heterocycles. The van der Waals surface area contributed by atoms with Crippen LogP contribution in [0.15, 0.2) is 42.5 Å². The highest BCUT2D eigenvalue weighted by atomic mass is 16.3. The van der Waals surface area contributed by atoms with Gasteiger partial charge in [0, 0.05) is 11.7 Å². The van der Waals surface area contributed by atoms with Crippen LogP contribution in [0.4, 0.5) is 5.69 Å². The molecule has 2 N–H and O–H groups in total. The number of hydrogen-bond acceptors (Lipinski definition) is 2. The van der Waals surface area contributed by atoms with Gasteiger partial charge in [-0.05, 0) is 56.0 Å². The van der Waals surface area contributed by atoms with Crippen molar-refractivity contribution in [2.45, 2.75) is 39.8 Å². The summed E-state index contributed by atoms with van der Waals surface area (Å²) < 4.78 is 0. The molecular weight excluding hydrogens is 246 g/mol. The van der Waals surface area contributed by atoms with E-state index < -0.39 is 0 Å². The van der Waals surface area contributed by atoms with Crippen molar-refractivity contribution in [1.82, 2.24) is 0 Å². The molecule has 2 aromatic rings. The summed E-state index contributed by atoms with van der Waals surface area (Å²) in [7, 11) is 0. The van der Waals surface area contributed by atoms with Gasteiger partial charge in [-0.15, -0.1) is 0 Å². The van der Waals surface area contributed by atoms with Gasteiger partial charge in [-0.25, -0.2) is 0 Å². The first-order chi connectivity index (χ1) is 9.50. The monoisotopic (exact) mass is 269 g/mol. The molecule has 0 radical (unpaired) electrons. The van der Waals surface area contributed by atoms with E-state index in [0.29, 0.717) is 0 Å². The van der Waals surface area contributed by atoms with Gasteiger partial charge in [-0.2, -0.15) is 0 Å². The molecule has 0 aliphatic carbocycles. The van der Waals surface area contributed by atoms with E-state index in [1.54, 1.807) is 6.92 Å². The molecule has 0 aliphatic rings. The van der Waals surface area contributed by atoms with Crippen molar-refractivity contribution in [3.63, 3.8) is 0 Å². The average Bonchev–Trinajstić information content (AvgIpc) is 2.42. The second-order valence-electron chi connectivity index (χ2n) is 5.47. The molecule has 0 aliphatic heterocycles.